The van der Waals surface area contributed by atoms with Crippen molar-refractivity contribution in [3.63, 3.8) is 0 Å². The van der Waals surface area contributed by atoms with Crippen LogP contribution >= 0.6 is 0 Å². The molecular formula is C11H15N3O5S2. The van der Waals surface area contributed by atoms with Gasteiger partial charge in [-0.3, -0.25) is 4.79 Å². The SMILES string of the molecule is Cc1c(C(=O)N=C(N)N)ccc(S(C)(=O)=O)c1S(C)(=O)=O. The Kier molecular flexibility index (Phi) is 4.44. The van der Waals surface area contributed by atoms with Gasteiger partial charge in [0.25, 0.3) is 5.91 Å². The van der Waals surface area contributed by atoms with E-state index in [-0.39, 0.29) is 16.0 Å². The topological polar surface area (TPSA) is 150 Å². The summed E-state index contributed by atoms with van der Waals surface area (Å²) in [4.78, 5) is 14.3. The van der Waals surface area contributed by atoms with E-state index in [0.717, 1.165) is 18.6 Å². The summed E-state index contributed by atoms with van der Waals surface area (Å²) >= 11 is 0. The summed E-state index contributed by atoms with van der Waals surface area (Å²) in [6.07, 6.45) is 1.74. The second kappa shape index (κ2) is 5.45. The van der Waals surface area contributed by atoms with Gasteiger partial charge in [-0.25, -0.2) is 16.8 Å². The number of hydrogen-bond donors (Lipinski definition) is 2. The van der Waals surface area contributed by atoms with Gasteiger partial charge in [0.05, 0.1) is 9.79 Å². The highest BCUT2D eigenvalue weighted by atomic mass is 32.2. The third-order valence-corrected chi connectivity index (χ3v) is 5.14. The molecule has 1 amide bonds. The van der Waals surface area contributed by atoms with Gasteiger partial charge in [-0.2, -0.15) is 4.99 Å². The van der Waals surface area contributed by atoms with E-state index < -0.39 is 36.4 Å². The van der Waals surface area contributed by atoms with Crippen molar-refractivity contribution in [2.75, 3.05) is 12.5 Å². The molecular weight excluding hydrogens is 318 g/mol. The molecule has 10 heteroatoms. The van der Waals surface area contributed by atoms with Crippen LogP contribution in [-0.2, 0) is 19.7 Å². The van der Waals surface area contributed by atoms with Crippen LogP contribution in [0.4, 0.5) is 0 Å². The van der Waals surface area contributed by atoms with Crippen molar-refractivity contribution >= 4 is 31.5 Å². The van der Waals surface area contributed by atoms with Gasteiger partial charge < -0.3 is 11.5 Å². The van der Waals surface area contributed by atoms with Crippen LogP contribution < -0.4 is 11.5 Å². The average Bonchev–Trinajstić information content (AvgIpc) is 2.23. The lowest BCUT2D eigenvalue weighted by Crippen LogP contribution is -2.24. The molecule has 8 nitrogen and oxygen atoms in total. The zero-order chi connectivity index (χ0) is 16.6. The van der Waals surface area contributed by atoms with E-state index in [1.807, 2.05) is 0 Å². The fraction of sp³-hybridized carbons (Fsp3) is 0.273. The van der Waals surface area contributed by atoms with Crippen LogP contribution in [0.1, 0.15) is 15.9 Å². The highest BCUT2D eigenvalue weighted by Gasteiger charge is 2.26. The van der Waals surface area contributed by atoms with Crippen molar-refractivity contribution in [2.45, 2.75) is 16.7 Å². The zero-order valence-electron chi connectivity index (χ0n) is 11.6. The largest absolute Gasteiger partial charge is 0.370 e. The number of amides is 1. The number of carbonyl (C=O) groups is 1. The van der Waals surface area contributed by atoms with E-state index in [1.165, 1.54) is 13.0 Å². The zero-order valence-corrected chi connectivity index (χ0v) is 13.2. The minimum Gasteiger partial charge on any atom is -0.370 e. The van der Waals surface area contributed by atoms with Crippen LogP contribution in [0.2, 0.25) is 0 Å². The molecule has 0 radical (unpaired) electrons. The molecule has 1 aromatic rings. The normalized spacial score (nSPS) is 12.0. The number of rotatable bonds is 3. The maximum Gasteiger partial charge on any atom is 0.280 e. The van der Waals surface area contributed by atoms with Crippen LogP contribution in [0, 0.1) is 6.92 Å². The molecule has 116 valence electrons. The summed E-state index contributed by atoms with van der Waals surface area (Å²) < 4.78 is 47.1. The molecule has 0 saturated carbocycles. The van der Waals surface area contributed by atoms with E-state index >= 15 is 0 Å². The van der Waals surface area contributed by atoms with Gasteiger partial charge in [0.2, 0.25) is 0 Å². The predicted molar refractivity (Wildman–Crippen MR) is 77.5 cm³/mol. The van der Waals surface area contributed by atoms with E-state index in [0.29, 0.717) is 0 Å². The van der Waals surface area contributed by atoms with E-state index in [2.05, 4.69) is 4.99 Å². The number of hydrogen-bond acceptors (Lipinski definition) is 5. The molecule has 0 fully saturated rings. The van der Waals surface area contributed by atoms with E-state index in [9.17, 15) is 21.6 Å². The molecule has 0 spiro atoms. The Bertz CT molecular complexity index is 835. The summed E-state index contributed by atoms with van der Waals surface area (Å²) in [7, 11) is -7.65. The number of sulfone groups is 2. The number of nitrogens with two attached hydrogens (primary N) is 2. The first-order valence-corrected chi connectivity index (χ1v) is 9.31. The third-order valence-electron chi connectivity index (χ3n) is 2.60. The average molecular weight is 333 g/mol. The lowest BCUT2D eigenvalue weighted by Gasteiger charge is -2.12. The molecule has 0 aromatic heterocycles. The molecule has 4 N–H and O–H groups in total. The monoisotopic (exact) mass is 333 g/mol. The van der Waals surface area contributed by atoms with Gasteiger partial charge in [0, 0.05) is 18.1 Å². The first-order valence-electron chi connectivity index (χ1n) is 5.53. The Labute approximate surface area is 122 Å². The van der Waals surface area contributed by atoms with Gasteiger partial charge in [-0.1, -0.05) is 0 Å². The lowest BCUT2D eigenvalue weighted by molar-refractivity contribution is 0.100. The molecule has 0 saturated heterocycles. The maximum absolute atomic E-state index is 11.9. The minimum absolute atomic E-state index is 0.0181. The van der Waals surface area contributed by atoms with Gasteiger partial charge in [-0.15, -0.1) is 0 Å². The number of carbonyl (C=O) groups excluding carboxylic acids is 1. The number of guanidine groups is 1. The summed E-state index contributed by atoms with van der Waals surface area (Å²) in [5, 5.41) is 0. The van der Waals surface area contributed by atoms with E-state index in [4.69, 9.17) is 11.5 Å². The Morgan fingerprint density at radius 1 is 1.05 bits per heavy atom. The minimum atomic E-state index is -3.87. The van der Waals surface area contributed by atoms with Crippen LogP contribution in [0.3, 0.4) is 0 Å². The molecule has 0 atom stereocenters. The Hall–Kier alpha value is -1.94. The van der Waals surface area contributed by atoms with Crippen molar-refractivity contribution in [3.8, 4) is 0 Å². The van der Waals surface area contributed by atoms with Gasteiger partial charge in [0.15, 0.2) is 25.6 Å². The first kappa shape index (κ1) is 17.1. The standard InChI is InChI=1S/C11H15N3O5S2/c1-6-7(10(15)14-11(12)13)4-5-8(20(2,16)17)9(6)21(3,18)19/h4-5H,1-3H3,(H4,12,13,14,15). The van der Waals surface area contributed by atoms with E-state index in [1.54, 1.807) is 0 Å². The van der Waals surface area contributed by atoms with Crippen LogP contribution in [-0.4, -0.2) is 41.2 Å². The first-order chi connectivity index (χ1) is 9.35. The molecule has 0 aliphatic carbocycles. The number of aliphatic imine (C=N–C) groups is 1. The molecule has 0 unspecified atom stereocenters. The predicted octanol–water partition coefficient (Wildman–Crippen LogP) is -0.784. The Morgan fingerprint density at radius 2 is 1.57 bits per heavy atom. The van der Waals surface area contributed by atoms with Crippen molar-refractivity contribution in [2.24, 2.45) is 16.5 Å². The lowest BCUT2D eigenvalue weighted by atomic mass is 10.1. The molecule has 0 aliphatic heterocycles. The Morgan fingerprint density at radius 3 is 1.95 bits per heavy atom. The van der Waals surface area contributed by atoms with Gasteiger partial charge >= 0.3 is 0 Å². The highest BCUT2D eigenvalue weighted by molar-refractivity contribution is 7.93. The fourth-order valence-electron chi connectivity index (χ4n) is 1.83. The van der Waals surface area contributed by atoms with Crippen LogP contribution in [0.25, 0.3) is 0 Å². The number of nitrogens with zero attached hydrogens (tertiary/aromatic N) is 1. The summed E-state index contributed by atoms with van der Waals surface area (Å²) in [6.45, 7) is 1.32. The summed E-state index contributed by atoms with van der Waals surface area (Å²) in [5.74, 6) is -1.33. The molecule has 1 aromatic carbocycles. The smallest absolute Gasteiger partial charge is 0.280 e. The molecule has 0 aliphatic rings. The van der Waals surface area contributed by atoms with Crippen molar-refractivity contribution in [1.29, 1.82) is 0 Å². The molecule has 1 rings (SSSR count). The quantitative estimate of drug-likeness (QED) is 0.544. The highest BCUT2D eigenvalue weighted by Crippen LogP contribution is 2.27. The van der Waals surface area contributed by atoms with Crippen LogP contribution in [0.15, 0.2) is 26.9 Å². The molecule has 0 bridgehead atoms. The van der Waals surface area contributed by atoms with Crippen molar-refractivity contribution < 1.29 is 21.6 Å². The fourth-order valence-corrected chi connectivity index (χ4v) is 4.64. The van der Waals surface area contributed by atoms with Gasteiger partial charge in [0.1, 0.15) is 0 Å². The van der Waals surface area contributed by atoms with Gasteiger partial charge in [-0.05, 0) is 24.6 Å². The second-order valence-electron chi connectivity index (χ2n) is 4.45. The Balaban J connectivity index is 3.81. The molecule has 0 heterocycles. The molecule has 21 heavy (non-hydrogen) atoms. The maximum atomic E-state index is 11.9. The van der Waals surface area contributed by atoms with Crippen LogP contribution in [0.5, 0.6) is 0 Å². The van der Waals surface area contributed by atoms with Crippen molar-refractivity contribution in [3.05, 3.63) is 23.3 Å². The second-order valence-corrected chi connectivity index (χ2v) is 8.39. The summed E-state index contributed by atoms with van der Waals surface area (Å²) in [6, 6.07) is 2.23. The number of benzene rings is 1. The third kappa shape index (κ3) is 3.79. The van der Waals surface area contributed by atoms with Crippen molar-refractivity contribution in [1.82, 2.24) is 0 Å². The summed E-state index contributed by atoms with van der Waals surface area (Å²) in [5.41, 5.74) is 10.1.